The van der Waals surface area contributed by atoms with Crippen molar-refractivity contribution in [1.82, 2.24) is 14.3 Å². The fraction of sp³-hybridized carbons (Fsp3) is 0.375. The minimum absolute atomic E-state index is 0.106. The summed E-state index contributed by atoms with van der Waals surface area (Å²) in [5, 5.41) is 3.54. The van der Waals surface area contributed by atoms with Crippen molar-refractivity contribution in [2.24, 2.45) is 5.92 Å². The third-order valence-corrected chi connectivity index (χ3v) is 8.99. The molecule has 0 saturated carbocycles. The molecule has 1 aliphatic rings. The van der Waals surface area contributed by atoms with Crippen LogP contribution in [0.25, 0.3) is 11.3 Å². The summed E-state index contributed by atoms with van der Waals surface area (Å²) in [6, 6.07) is 7.46. The van der Waals surface area contributed by atoms with Gasteiger partial charge in [0.2, 0.25) is 15.9 Å². The van der Waals surface area contributed by atoms with Gasteiger partial charge in [0.15, 0.2) is 5.13 Å². The Balaban J connectivity index is 1.42. The van der Waals surface area contributed by atoms with E-state index in [4.69, 9.17) is 4.98 Å². The maximum Gasteiger partial charge on any atom is 0.244 e. The number of hydrogen-bond donors (Lipinski definition) is 1. The lowest BCUT2D eigenvalue weighted by atomic mass is 9.97. The van der Waals surface area contributed by atoms with Crippen molar-refractivity contribution >= 4 is 32.4 Å². The van der Waals surface area contributed by atoms with E-state index < -0.39 is 10.0 Å². The SMILES string of the molecule is Cc1cc(C)c(-c2nc(NC(=O)C3CCN(S(=O)(=O)c4cccnc4)CC3)sc2C)cc1C. The molecule has 1 saturated heterocycles. The summed E-state index contributed by atoms with van der Waals surface area (Å²) in [5.74, 6) is -0.355. The van der Waals surface area contributed by atoms with Crippen molar-refractivity contribution in [2.75, 3.05) is 18.4 Å². The molecule has 0 unspecified atom stereocenters. The standard InChI is InChI=1S/C24H28N4O3S2/c1-15-12-17(3)21(13-16(15)2)22-18(4)32-24(26-22)27-23(29)19-7-10-28(11-8-19)33(30,31)20-6-5-9-25-14-20/h5-6,9,12-14,19H,7-8,10-11H2,1-4H3,(H,26,27,29). The summed E-state index contributed by atoms with van der Waals surface area (Å²) in [5.41, 5.74) is 5.59. The number of aryl methyl sites for hydroxylation is 4. The topological polar surface area (TPSA) is 92.3 Å². The number of anilines is 1. The van der Waals surface area contributed by atoms with Gasteiger partial charge in [-0.1, -0.05) is 6.07 Å². The van der Waals surface area contributed by atoms with E-state index in [1.807, 2.05) is 6.92 Å². The molecule has 3 aromatic rings. The van der Waals surface area contributed by atoms with E-state index in [2.05, 4.69) is 43.2 Å². The number of sulfonamides is 1. The molecule has 1 aromatic carbocycles. The predicted molar refractivity (Wildman–Crippen MR) is 131 cm³/mol. The number of thiazole rings is 1. The third-order valence-electron chi connectivity index (χ3n) is 6.22. The van der Waals surface area contributed by atoms with Gasteiger partial charge in [0.1, 0.15) is 4.90 Å². The van der Waals surface area contributed by atoms with Crippen LogP contribution in [0.5, 0.6) is 0 Å². The van der Waals surface area contributed by atoms with Gasteiger partial charge in [0.25, 0.3) is 0 Å². The Hall–Kier alpha value is -2.62. The molecule has 1 aliphatic heterocycles. The quantitative estimate of drug-likeness (QED) is 0.577. The van der Waals surface area contributed by atoms with Gasteiger partial charge in [-0.05, 0) is 75.4 Å². The molecule has 0 spiro atoms. The average Bonchev–Trinajstić information content (AvgIpc) is 3.16. The number of nitrogens with zero attached hydrogens (tertiary/aromatic N) is 3. The molecule has 0 radical (unpaired) electrons. The smallest absolute Gasteiger partial charge is 0.244 e. The second-order valence-electron chi connectivity index (χ2n) is 8.53. The zero-order valence-corrected chi connectivity index (χ0v) is 20.9. The number of aromatic nitrogens is 2. The molecule has 4 rings (SSSR count). The summed E-state index contributed by atoms with van der Waals surface area (Å²) in [6.07, 6.45) is 3.84. The molecule has 1 fully saturated rings. The maximum absolute atomic E-state index is 12.9. The van der Waals surface area contributed by atoms with Crippen molar-refractivity contribution in [3.63, 3.8) is 0 Å². The predicted octanol–water partition coefficient (Wildman–Crippen LogP) is 4.48. The minimum atomic E-state index is -3.58. The molecule has 0 atom stereocenters. The molecule has 1 N–H and O–H groups in total. The fourth-order valence-corrected chi connectivity index (χ4v) is 6.40. The van der Waals surface area contributed by atoms with Crippen LogP contribution in [0, 0.1) is 33.6 Å². The second kappa shape index (κ2) is 9.32. The van der Waals surface area contributed by atoms with E-state index >= 15 is 0 Å². The van der Waals surface area contributed by atoms with Gasteiger partial charge in [-0.25, -0.2) is 13.4 Å². The summed E-state index contributed by atoms with van der Waals surface area (Å²) in [4.78, 5) is 22.7. The first-order chi connectivity index (χ1) is 15.7. The zero-order valence-electron chi connectivity index (χ0n) is 19.3. The average molecular weight is 485 g/mol. The molecule has 3 heterocycles. The van der Waals surface area contributed by atoms with E-state index in [0.29, 0.717) is 31.1 Å². The Morgan fingerprint density at radius 3 is 2.45 bits per heavy atom. The van der Waals surface area contributed by atoms with Gasteiger partial charge in [-0.15, -0.1) is 11.3 Å². The van der Waals surface area contributed by atoms with Crippen LogP contribution in [0.4, 0.5) is 5.13 Å². The van der Waals surface area contributed by atoms with Crippen LogP contribution >= 0.6 is 11.3 Å². The summed E-state index contributed by atoms with van der Waals surface area (Å²) in [6.45, 7) is 8.88. The lowest BCUT2D eigenvalue weighted by Crippen LogP contribution is -2.41. The van der Waals surface area contributed by atoms with Gasteiger partial charge in [-0.2, -0.15) is 4.31 Å². The highest BCUT2D eigenvalue weighted by Crippen LogP contribution is 2.34. The first-order valence-corrected chi connectivity index (χ1v) is 13.2. The van der Waals surface area contributed by atoms with Crippen LogP contribution in [-0.4, -0.2) is 41.7 Å². The number of carbonyl (C=O) groups excluding carboxylic acids is 1. The molecule has 7 nitrogen and oxygen atoms in total. The molecule has 33 heavy (non-hydrogen) atoms. The molecule has 2 aromatic heterocycles. The summed E-state index contributed by atoms with van der Waals surface area (Å²) in [7, 11) is -3.58. The zero-order chi connectivity index (χ0) is 23.8. The number of rotatable bonds is 5. The number of piperidine rings is 1. The van der Waals surface area contributed by atoms with E-state index in [1.54, 1.807) is 18.3 Å². The van der Waals surface area contributed by atoms with Crippen molar-refractivity contribution in [2.45, 2.75) is 45.4 Å². The van der Waals surface area contributed by atoms with Crippen molar-refractivity contribution in [1.29, 1.82) is 0 Å². The first-order valence-electron chi connectivity index (χ1n) is 10.9. The number of carbonyl (C=O) groups is 1. The van der Waals surface area contributed by atoms with Crippen LogP contribution in [-0.2, 0) is 14.8 Å². The number of hydrogen-bond acceptors (Lipinski definition) is 6. The molecule has 9 heteroatoms. The number of amides is 1. The van der Waals surface area contributed by atoms with E-state index in [1.165, 1.54) is 33.0 Å². The Labute approximate surface area is 199 Å². The monoisotopic (exact) mass is 484 g/mol. The highest BCUT2D eigenvalue weighted by molar-refractivity contribution is 7.89. The molecule has 0 aliphatic carbocycles. The minimum Gasteiger partial charge on any atom is -0.302 e. The highest BCUT2D eigenvalue weighted by atomic mass is 32.2. The van der Waals surface area contributed by atoms with Gasteiger partial charge < -0.3 is 5.32 Å². The van der Waals surface area contributed by atoms with Crippen LogP contribution in [0.15, 0.2) is 41.6 Å². The van der Waals surface area contributed by atoms with Crippen LogP contribution in [0.2, 0.25) is 0 Å². The fourth-order valence-electron chi connectivity index (χ4n) is 4.13. The molecule has 174 valence electrons. The first kappa shape index (κ1) is 23.5. The van der Waals surface area contributed by atoms with Crippen LogP contribution < -0.4 is 5.32 Å². The lowest BCUT2D eigenvalue weighted by molar-refractivity contribution is -0.120. The van der Waals surface area contributed by atoms with Crippen molar-refractivity contribution in [3.8, 4) is 11.3 Å². The highest BCUT2D eigenvalue weighted by Gasteiger charge is 2.32. The van der Waals surface area contributed by atoms with Gasteiger partial charge in [0, 0.05) is 41.8 Å². The van der Waals surface area contributed by atoms with Crippen molar-refractivity contribution in [3.05, 3.63) is 58.2 Å². The Morgan fingerprint density at radius 2 is 1.79 bits per heavy atom. The van der Waals surface area contributed by atoms with Crippen LogP contribution in [0.3, 0.4) is 0 Å². The number of benzene rings is 1. The van der Waals surface area contributed by atoms with Gasteiger partial charge in [0.05, 0.1) is 5.69 Å². The van der Waals surface area contributed by atoms with Gasteiger partial charge >= 0.3 is 0 Å². The Morgan fingerprint density at radius 1 is 1.09 bits per heavy atom. The largest absolute Gasteiger partial charge is 0.302 e. The second-order valence-corrected chi connectivity index (χ2v) is 11.7. The summed E-state index contributed by atoms with van der Waals surface area (Å²) < 4.78 is 27.0. The van der Waals surface area contributed by atoms with Crippen molar-refractivity contribution < 1.29 is 13.2 Å². The summed E-state index contributed by atoms with van der Waals surface area (Å²) >= 11 is 1.47. The van der Waals surface area contributed by atoms with Crippen LogP contribution in [0.1, 0.15) is 34.4 Å². The molecular weight excluding hydrogens is 456 g/mol. The normalized spacial score (nSPS) is 15.5. The Bertz CT molecular complexity index is 1280. The van der Waals surface area contributed by atoms with E-state index in [-0.39, 0.29) is 16.7 Å². The lowest BCUT2D eigenvalue weighted by Gasteiger charge is -2.30. The molecule has 0 bridgehead atoms. The third kappa shape index (κ3) is 4.85. The van der Waals surface area contributed by atoms with Gasteiger partial charge in [-0.3, -0.25) is 9.78 Å². The van der Waals surface area contributed by atoms with E-state index in [9.17, 15) is 13.2 Å². The molecular formula is C24H28N4O3S2. The van der Waals surface area contributed by atoms with E-state index in [0.717, 1.165) is 21.7 Å². The maximum atomic E-state index is 12.9. The Kier molecular flexibility index (Phi) is 6.65. The number of pyridine rings is 1. The number of nitrogens with one attached hydrogen (secondary N) is 1. The molecule has 1 amide bonds.